The second kappa shape index (κ2) is 17.3. The van der Waals surface area contributed by atoms with Crippen molar-refractivity contribution in [2.24, 2.45) is 5.92 Å². The van der Waals surface area contributed by atoms with Crippen molar-refractivity contribution < 1.29 is 37.2 Å². The topological polar surface area (TPSA) is 162 Å². The van der Waals surface area contributed by atoms with Gasteiger partial charge in [0.1, 0.15) is 12.6 Å². The van der Waals surface area contributed by atoms with Crippen molar-refractivity contribution in [1.82, 2.24) is 15.5 Å². The smallest absolute Gasteiger partial charge is 0.408 e. The number of carbonyl (C=O) groups is 3. The Morgan fingerprint density at radius 2 is 1.70 bits per heavy atom. The van der Waals surface area contributed by atoms with E-state index in [9.17, 15) is 32.5 Å². The third kappa shape index (κ3) is 12.1. The van der Waals surface area contributed by atoms with Crippen LogP contribution in [0.15, 0.2) is 54.6 Å². The first-order valence-electron chi connectivity index (χ1n) is 14.8. The zero-order valence-corrected chi connectivity index (χ0v) is 26.4. The summed E-state index contributed by atoms with van der Waals surface area (Å²) in [6, 6.07) is 13.7. The molecule has 0 bridgehead atoms. The molecule has 4 N–H and O–H groups in total. The van der Waals surface area contributed by atoms with E-state index in [0.717, 1.165) is 37.7 Å². The van der Waals surface area contributed by atoms with Crippen molar-refractivity contribution >= 4 is 39.6 Å². The summed E-state index contributed by atoms with van der Waals surface area (Å²) in [5, 5.41) is 15.9. The molecule has 2 aromatic carbocycles. The van der Waals surface area contributed by atoms with Crippen molar-refractivity contribution in [2.75, 3.05) is 13.6 Å². The van der Waals surface area contributed by atoms with Gasteiger partial charge in [0, 0.05) is 25.0 Å². The van der Waals surface area contributed by atoms with Gasteiger partial charge in [-0.2, -0.15) is 8.42 Å². The highest BCUT2D eigenvalue weighted by Gasteiger charge is 2.35. The predicted molar refractivity (Wildman–Crippen MR) is 166 cm³/mol. The van der Waals surface area contributed by atoms with Gasteiger partial charge in [-0.1, -0.05) is 86.2 Å². The molecule has 242 valence electrons. The van der Waals surface area contributed by atoms with Crippen molar-refractivity contribution in [3.8, 4) is 0 Å². The number of alkyl carbamates (subject to hydrolysis) is 1. The number of hydrogen-bond acceptors (Lipinski definition) is 7. The van der Waals surface area contributed by atoms with Crippen LogP contribution in [0.1, 0.15) is 62.5 Å². The molecule has 13 heteroatoms. The maximum Gasteiger partial charge on any atom is 0.408 e. The molecule has 0 aromatic heterocycles. The van der Waals surface area contributed by atoms with Gasteiger partial charge in [-0.3, -0.25) is 14.1 Å². The lowest BCUT2D eigenvalue weighted by molar-refractivity contribution is -0.131. The van der Waals surface area contributed by atoms with Crippen LogP contribution in [0.3, 0.4) is 0 Å². The van der Waals surface area contributed by atoms with E-state index >= 15 is 0 Å². The molecule has 44 heavy (non-hydrogen) atoms. The summed E-state index contributed by atoms with van der Waals surface area (Å²) in [7, 11) is -3.38. The average Bonchev–Trinajstić information content (AvgIpc) is 3.00. The van der Waals surface area contributed by atoms with Crippen LogP contribution < -0.4 is 10.6 Å². The Morgan fingerprint density at radius 3 is 2.36 bits per heavy atom. The number of amides is 3. The predicted octanol–water partition coefficient (Wildman–Crippen LogP) is 4.08. The van der Waals surface area contributed by atoms with Gasteiger partial charge in [0.05, 0.1) is 6.04 Å². The van der Waals surface area contributed by atoms with Crippen molar-refractivity contribution in [2.45, 2.75) is 81.9 Å². The van der Waals surface area contributed by atoms with Gasteiger partial charge in [-0.05, 0) is 48.4 Å². The zero-order chi connectivity index (χ0) is 32.1. The fourth-order valence-electron chi connectivity index (χ4n) is 5.26. The van der Waals surface area contributed by atoms with Crippen LogP contribution in [-0.4, -0.2) is 72.0 Å². The molecule has 0 heterocycles. The highest BCUT2D eigenvalue weighted by molar-refractivity contribution is 7.86. The van der Waals surface area contributed by atoms with Gasteiger partial charge in [-0.15, -0.1) is 0 Å². The van der Waals surface area contributed by atoms with Crippen molar-refractivity contribution in [3.05, 3.63) is 70.7 Å². The number of benzene rings is 2. The number of rotatable bonds is 15. The van der Waals surface area contributed by atoms with E-state index in [1.54, 1.807) is 31.3 Å². The molecule has 1 aliphatic carbocycles. The minimum Gasteiger partial charge on any atom is -0.445 e. The van der Waals surface area contributed by atoms with Crippen LogP contribution in [0, 0.1) is 5.92 Å². The Hall–Kier alpha value is -3.19. The van der Waals surface area contributed by atoms with E-state index in [2.05, 4.69) is 10.6 Å². The summed E-state index contributed by atoms with van der Waals surface area (Å²) >= 11 is 5.99. The summed E-state index contributed by atoms with van der Waals surface area (Å²) in [5.41, 5.74) is -0.684. The van der Waals surface area contributed by atoms with E-state index < -0.39 is 39.6 Å². The van der Waals surface area contributed by atoms with Crippen LogP contribution >= 0.6 is 11.6 Å². The lowest BCUT2D eigenvalue weighted by Crippen LogP contribution is -2.54. The second-order valence-electron chi connectivity index (χ2n) is 11.3. The van der Waals surface area contributed by atoms with Crippen LogP contribution in [0.4, 0.5) is 4.79 Å². The highest BCUT2D eigenvalue weighted by atomic mass is 35.5. The van der Waals surface area contributed by atoms with E-state index in [1.165, 1.54) is 4.90 Å². The number of carbonyl (C=O) groups excluding carboxylic acids is 3. The first kappa shape index (κ1) is 35.3. The van der Waals surface area contributed by atoms with Gasteiger partial charge in [-0.25, -0.2) is 4.79 Å². The van der Waals surface area contributed by atoms with Gasteiger partial charge in [0.2, 0.25) is 17.3 Å². The molecular weight excluding hydrogens is 610 g/mol. The third-order valence-electron chi connectivity index (χ3n) is 7.81. The van der Waals surface area contributed by atoms with Crippen LogP contribution in [0.25, 0.3) is 0 Å². The second-order valence-corrected chi connectivity index (χ2v) is 13.2. The zero-order valence-electron chi connectivity index (χ0n) is 24.9. The lowest BCUT2D eigenvalue weighted by atomic mass is 9.84. The summed E-state index contributed by atoms with van der Waals surface area (Å²) in [6.45, 7) is 0.319. The maximum atomic E-state index is 13.5. The maximum absolute atomic E-state index is 13.5. The molecule has 0 radical (unpaired) electrons. The molecule has 1 aliphatic rings. The third-order valence-corrected chi connectivity index (χ3v) is 8.99. The first-order valence-corrected chi connectivity index (χ1v) is 16.7. The number of ether oxygens (including phenoxy) is 1. The Bertz CT molecular complexity index is 1340. The summed E-state index contributed by atoms with van der Waals surface area (Å²) in [5.74, 6) is -0.949. The van der Waals surface area contributed by atoms with E-state index in [4.69, 9.17) is 16.3 Å². The van der Waals surface area contributed by atoms with Gasteiger partial charge >= 0.3 is 6.09 Å². The molecule has 0 spiro atoms. The molecule has 3 rings (SSSR count). The quantitative estimate of drug-likeness (QED) is 0.209. The standard InChI is InChI=1S/C31H42ClN3O8S/c1-35(18-17-22-9-4-2-5-10-22)28(36)16-15-26(30(38)44(40,41)42)33-29(37)27(20-23-11-6-3-7-12-23)34-31(39)43-21-24-13-8-14-25(32)19-24/h2,4-5,8-10,13-14,19,23,26-27,30,38H,3,6-7,11-12,15-18,20-21H2,1H3,(H,33,37)(H,34,39)(H,40,41,42)/t26-,27?,30?/m0/s1. The molecule has 1 fully saturated rings. The van der Waals surface area contributed by atoms with Gasteiger partial charge in [0.25, 0.3) is 10.1 Å². The molecule has 0 saturated heterocycles. The Labute approximate surface area is 264 Å². The fourth-order valence-corrected chi connectivity index (χ4v) is 6.09. The summed E-state index contributed by atoms with van der Waals surface area (Å²) in [6.07, 6.45) is 4.34. The molecule has 11 nitrogen and oxygen atoms in total. The van der Waals surface area contributed by atoms with E-state index in [-0.39, 0.29) is 37.7 Å². The molecule has 2 unspecified atom stereocenters. The van der Waals surface area contributed by atoms with Crippen molar-refractivity contribution in [3.63, 3.8) is 0 Å². The molecule has 1 saturated carbocycles. The highest BCUT2D eigenvalue weighted by Crippen LogP contribution is 2.27. The first-order chi connectivity index (χ1) is 20.9. The Balaban J connectivity index is 1.65. The number of nitrogens with zero attached hydrogens (tertiary/aromatic N) is 1. The SMILES string of the molecule is CN(CCc1ccccc1)C(=O)CC[C@H](NC(=O)C(CC1CCCCC1)NC(=O)OCc1cccc(Cl)c1)C(O)S(=O)(=O)O. The monoisotopic (exact) mass is 651 g/mol. The number of likely N-dealkylation sites (N-methyl/N-ethyl adjacent to an activating group) is 1. The minimum absolute atomic E-state index is 0.0891. The molecule has 2 aromatic rings. The van der Waals surface area contributed by atoms with Gasteiger partial charge < -0.3 is 25.4 Å². The Kier molecular flexibility index (Phi) is 13.9. The number of aliphatic hydroxyl groups excluding tert-OH is 1. The van der Waals surface area contributed by atoms with Crippen molar-refractivity contribution in [1.29, 1.82) is 0 Å². The lowest BCUT2D eigenvalue weighted by Gasteiger charge is -2.29. The normalized spacial score (nSPS) is 15.9. The number of nitrogens with one attached hydrogen (secondary N) is 2. The summed E-state index contributed by atoms with van der Waals surface area (Å²) < 4.78 is 38.6. The van der Waals surface area contributed by atoms with Gasteiger partial charge in [0.15, 0.2) is 0 Å². The fraction of sp³-hybridized carbons (Fsp3) is 0.516. The average molecular weight is 652 g/mol. The number of halogens is 1. The minimum atomic E-state index is -4.99. The van der Waals surface area contributed by atoms with E-state index in [1.807, 2.05) is 30.3 Å². The number of aliphatic hydroxyl groups is 1. The van der Waals surface area contributed by atoms with E-state index in [0.29, 0.717) is 23.6 Å². The molecule has 3 atom stereocenters. The molecule has 0 aliphatic heterocycles. The largest absolute Gasteiger partial charge is 0.445 e. The summed E-state index contributed by atoms with van der Waals surface area (Å²) in [4.78, 5) is 40.5. The number of hydrogen-bond donors (Lipinski definition) is 4. The molecular formula is C31H42ClN3O8S. The Morgan fingerprint density at radius 1 is 1.02 bits per heavy atom. The molecule has 3 amide bonds. The van der Waals surface area contributed by atoms with Crippen LogP contribution in [-0.2, 0) is 37.5 Å². The van der Waals surface area contributed by atoms with Crippen LogP contribution in [0.5, 0.6) is 0 Å². The van der Waals surface area contributed by atoms with Crippen LogP contribution in [0.2, 0.25) is 5.02 Å².